The summed E-state index contributed by atoms with van der Waals surface area (Å²) in [6, 6.07) is 8.10. The van der Waals surface area contributed by atoms with Gasteiger partial charge in [0, 0.05) is 24.7 Å². The average Bonchev–Trinajstić information content (AvgIpc) is 3.09. The first-order valence-corrected chi connectivity index (χ1v) is 6.76. The van der Waals surface area contributed by atoms with Gasteiger partial charge < -0.3 is 4.42 Å². The van der Waals surface area contributed by atoms with Crippen molar-refractivity contribution in [2.75, 3.05) is 19.6 Å². The largest absolute Gasteiger partial charge is 0.463 e. The lowest BCUT2D eigenvalue weighted by atomic mass is 9.79. The molecule has 2 unspecified atom stereocenters. The van der Waals surface area contributed by atoms with E-state index in [1.807, 2.05) is 18.3 Å². The molecule has 2 aliphatic rings. The van der Waals surface area contributed by atoms with Crippen molar-refractivity contribution < 1.29 is 4.42 Å². The van der Waals surface area contributed by atoms with Gasteiger partial charge in [0.2, 0.25) is 0 Å². The minimum atomic E-state index is 0. The zero-order valence-electron chi connectivity index (χ0n) is 11.2. The minimum Gasteiger partial charge on any atom is -0.463 e. The number of nitrogens with zero attached hydrogens (tertiary/aromatic N) is 2. The fourth-order valence-corrected chi connectivity index (χ4v) is 3.22. The van der Waals surface area contributed by atoms with Crippen molar-refractivity contribution in [1.29, 1.82) is 0 Å². The van der Waals surface area contributed by atoms with Gasteiger partial charge in [0.05, 0.1) is 6.26 Å². The van der Waals surface area contributed by atoms with E-state index in [9.17, 15) is 0 Å². The van der Waals surface area contributed by atoms with Gasteiger partial charge in [-0.15, -0.1) is 17.0 Å². The predicted molar refractivity (Wildman–Crippen MR) is 84.1 cm³/mol. The molecule has 20 heavy (non-hydrogen) atoms. The Balaban J connectivity index is 0.00000121. The van der Waals surface area contributed by atoms with Crippen LogP contribution in [0.3, 0.4) is 0 Å². The third-order valence-corrected chi connectivity index (χ3v) is 4.29. The molecule has 0 aliphatic carbocycles. The van der Waals surface area contributed by atoms with Gasteiger partial charge in [-0.25, -0.2) is 0 Å². The summed E-state index contributed by atoms with van der Waals surface area (Å²) in [6.07, 6.45) is 9.56. The Kier molecular flexibility index (Phi) is 3.52. The molecule has 1 saturated heterocycles. The van der Waals surface area contributed by atoms with E-state index in [4.69, 9.17) is 4.42 Å². The van der Waals surface area contributed by atoms with Crippen LogP contribution in [0.25, 0.3) is 11.5 Å². The van der Waals surface area contributed by atoms with Gasteiger partial charge in [0.1, 0.15) is 5.69 Å². The van der Waals surface area contributed by atoms with Crippen molar-refractivity contribution in [2.24, 2.45) is 0 Å². The standard InChI is InChI=1S/C16H16N2O.BrH/c1-3-15(19-10-1)14-5-4-13(11-17-14)16-6-2-8-18(12-16)9-7-16;/h1-6,10-11H,7-9,12H2;1H. The Bertz CT molecular complexity index is 606. The third kappa shape index (κ3) is 2.13. The quantitative estimate of drug-likeness (QED) is 0.789. The highest BCUT2D eigenvalue weighted by molar-refractivity contribution is 8.93. The second-order valence-electron chi connectivity index (χ2n) is 5.45. The summed E-state index contributed by atoms with van der Waals surface area (Å²) in [5.74, 6) is 0.830. The lowest BCUT2D eigenvalue weighted by Crippen LogP contribution is -2.33. The Morgan fingerprint density at radius 1 is 1.25 bits per heavy atom. The first-order valence-electron chi connectivity index (χ1n) is 6.76. The fraction of sp³-hybridized carbons (Fsp3) is 0.312. The molecule has 0 amide bonds. The fourth-order valence-electron chi connectivity index (χ4n) is 3.22. The summed E-state index contributed by atoms with van der Waals surface area (Å²) in [5.41, 5.74) is 2.41. The summed E-state index contributed by atoms with van der Waals surface area (Å²) in [7, 11) is 0. The molecular weight excluding hydrogens is 316 g/mol. The zero-order chi connectivity index (χ0) is 12.7. The highest BCUT2D eigenvalue weighted by Crippen LogP contribution is 2.38. The van der Waals surface area contributed by atoms with E-state index < -0.39 is 0 Å². The Morgan fingerprint density at radius 3 is 2.95 bits per heavy atom. The number of rotatable bonds is 2. The van der Waals surface area contributed by atoms with E-state index in [1.165, 1.54) is 18.5 Å². The van der Waals surface area contributed by atoms with Gasteiger partial charge in [-0.05, 0) is 36.7 Å². The average molecular weight is 333 g/mol. The van der Waals surface area contributed by atoms with Crippen molar-refractivity contribution in [3.63, 3.8) is 0 Å². The van der Waals surface area contributed by atoms with Crippen molar-refractivity contribution in [3.05, 3.63) is 54.4 Å². The van der Waals surface area contributed by atoms with Crippen LogP contribution in [0.2, 0.25) is 0 Å². The maximum atomic E-state index is 5.38. The maximum Gasteiger partial charge on any atom is 0.152 e. The highest BCUT2D eigenvalue weighted by atomic mass is 79.9. The van der Waals surface area contributed by atoms with E-state index in [0.29, 0.717) is 0 Å². The first kappa shape index (κ1) is 13.6. The molecule has 0 saturated carbocycles. The van der Waals surface area contributed by atoms with Crippen molar-refractivity contribution in [1.82, 2.24) is 9.88 Å². The SMILES string of the molecule is Br.C1=CC2(c3ccc(-c4ccco4)nc3)CCN(C1)C2. The topological polar surface area (TPSA) is 29.3 Å². The van der Waals surface area contributed by atoms with Crippen molar-refractivity contribution in [3.8, 4) is 11.5 Å². The van der Waals surface area contributed by atoms with Crippen LogP contribution in [0.5, 0.6) is 0 Å². The minimum absolute atomic E-state index is 0. The number of pyridine rings is 1. The number of fused-ring (bicyclic) bond motifs is 2. The van der Waals surface area contributed by atoms with Crippen LogP contribution in [-0.4, -0.2) is 29.5 Å². The van der Waals surface area contributed by atoms with Gasteiger partial charge in [-0.3, -0.25) is 9.88 Å². The molecule has 0 radical (unpaired) electrons. The van der Waals surface area contributed by atoms with Gasteiger partial charge in [0.15, 0.2) is 5.76 Å². The van der Waals surface area contributed by atoms with Crippen molar-refractivity contribution in [2.45, 2.75) is 11.8 Å². The van der Waals surface area contributed by atoms with E-state index in [1.54, 1.807) is 6.26 Å². The smallest absolute Gasteiger partial charge is 0.152 e. The molecule has 2 aromatic rings. The molecule has 4 rings (SSSR count). The number of hydrogen-bond donors (Lipinski definition) is 0. The van der Waals surface area contributed by atoms with Crippen molar-refractivity contribution >= 4 is 17.0 Å². The number of aromatic nitrogens is 1. The molecule has 3 nitrogen and oxygen atoms in total. The number of halogens is 1. The summed E-state index contributed by atoms with van der Waals surface area (Å²) in [6.45, 7) is 3.41. The second-order valence-corrected chi connectivity index (χ2v) is 5.45. The molecule has 2 aliphatic heterocycles. The number of hydrogen-bond acceptors (Lipinski definition) is 3. The Labute approximate surface area is 129 Å². The predicted octanol–water partition coefficient (Wildman–Crippen LogP) is 3.43. The molecular formula is C16H17BrN2O. The Hall–Kier alpha value is -1.39. The van der Waals surface area contributed by atoms with Crippen LogP contribution >= 0.6 is 17.0 Å². The molecule has 2 atom stereocenters. The van der Waals surface area contributed by atoms with Crippen LogP contribution in [0.1, 0.15) is 12.0 Å². The van der Waals surface area contributed by atoms with Crippen LogP contribution in [-0.2, 0) is 5.41 Å². The molecule has 4 heteroatoms. The molecule has 2 aromatic heterocycles. The zero-order valence-corrected chi connectivity index (χ0v) is 12.9. The van der Waals surface area contributed by atoms with E-state index >= 15 is 0 Å². The first-order chi connectivity index (χ1) is 9.36. The highest BCUT2D eigenvalue weighted by Gasteiger charge is 2.39. The van der Waals surface area contributed by atoms with Gasteiger partial charge in [-0.2, -0.15) is 0 Å². The molecule has 0 N–H and O–H groups in total. The molecule has 104 valence electrons. The summed E-state index contributed by atoms with van der Waals surface area (Å²) in [4.78, 5) is 7.06. The van der Waals surface area contributed by atoms with Gasteiger partial charge in [-0.1, -0.05) is 18.2 Å². The summed E-state index contributed by atoms with van der Waals surface area (Å²) >= 11 is 0. The van der Waals surface area contributed by atoms with Gasteiger partial charge in [0.25, 0.3) is 0 Å². The second kappa shape index (κ2) is 5.19. The van der Waals surface area contributed by atoms with Crippen LogP contribution in [0, 0.1) is 0 Å². The normalized spacial score (nSPS) is 27.3. The monoisotopic (exact) mass is 332 g/mol. The lowest BCUT2D eigenvalue weighted by Gasteiger charge is -2.29. The summed E-state index contributed by atoms with van der Waals surface area (Å²) < 4.78 is 5.38. The molecule has 4 heterocycles. The van der Waals surface area contributed by atoms with E-state index in [-0.39, 0.29) is 22.4 Å². The van der Waals surface area contributed by atoms with Crippen LogP contribution in [0.4, 0.5) is 0 Å². The van der Waals surface area contributed by atoms with E-state index in [2.05, 4.69) is 34.2 Å². The lowest BCUT2D eigenvalue weighted by molar-refractivity contribution is 0.345. The molecule has 1 fully saturated rings. The Morgan fingerprint density at radius 2 is 2.20 bits per heavy atom. The summed E-state index contributed by atoms with van der Waals surface area (Å²) in [5, 5.41) is 0. The third-order valence-electron chi connectivity index (χ3n) is 4.29. The molecule has 2 bridgehead atoms. The maximum absolute atomic E-state index is 5.38. The molecule has 0 spiro atoms. The number of furan rings is 1. The van der Waals surface area contributed by atoms with Crippen LogP contribution < -0.4 is 0 Å². The van der Waals surface area contributed by atoms with E-state index in [0.717, 1.165) is 24.5 Å². The van der Waals surface area contributed by atoms with Crippen LogP contribution in [0.15, 0.2) is 53.3 Å². The van der Waals surface area contributed by atoms with Gasteiger partial charge >= 0.3 is 0 Å². The molecule has 0 aromatic carbocycles.